The normalized spacial score (nSPS) is 10.4. The molecule has 130 valence electrons. The van der Waals surface area contributed by atoms with Crippen LogP contribution in [0.4, 0.5) is 4.39 Å². The van der Waals surface area contributed by atoms with Gasteiger partial charge in [-0.25, -0.2) is 4.39 Å². The van der Waals surface area contributed by atoms with Crippen LogP contribution >= 0.6 is 0 Å². The number of halogens is 1. The number of benzene rings is 3. The summed E-state index contributed by atoms with van der Waals surface area (Å²) in [7, 11) is 0. The molecule has 0 aliphatic carbocycles. The molecule has 0 unspecified atom stereocenters. The summed E-state index contributed by atoms with van der Waals surface area (Å²) in [6.07, 6.45) is 0.177. The third-order valence-corrected chi connectivity index (χ3v) is 3.92. The summed E-state index contributed by atoms with van der Waals surface area (Å²) in [5.74, 6) is -0.607. The summed E-state index contributed by atoms with van der Waals surface area (Å²) in [5, 5.41) is 0. The number of aryl methyl sites for hydroxylation is 1. The monoisotopic (exact) mass is 348 g/mol. The van der Waals surface area contributed by atoms with Crippen LogP contribution in [0.5, 0.6) is 5.75 Å². The quantitative estimate of drug-likeness (QED) is 0.387. The summed E-state index contributed by atoms with van der Waals surface area (Å²) in [4.78, 5) is 24.3. The van der Waals surface area contributed by atoms with Crippen molar-refractivity contribution in [3.05, 3.63) is 101 Å². The lowest BCUT2D eigenvalue weighted by atomic mass is 10.0. The first-order valence-corrected chi connectivity index (χ1v) is 8.18. The van der Waals surface area contributed by atoms with Gasteiger partial charge < -0.3 is 4.74 Å². The first-order valence-electron chi connectivity index (χ1n) is 8.18. The predicted octanol–water partition coefficient (Wildman–Crippen LogP) is 4.51. The van der Waals surface area contributed by atoms with Gasteiger partial charge in [0.05, 0.1) is 6.42 Å². The van der Waals surface area contributed by atoms with E-state index in [1.165, 1.54) is 24.3 Å². The van der Waals surface area contributed by atoms with Gasteiger partial charge in [0.15, 0.2) is 5.78 Å². The molecule has 0 heterocycles. The summed E-state index contributed by atoms with van der Waals surface area (Å²) in [6.45, 7) is 1.98. The van der Waals surface area contributed by atoms with Crippen LogP contribution < -0.4 is 4.74 Å². The zero-order chi connectivity index (χ0) is 18.5. The summed E-state index contributed by atoms with van der Waals surface area (Å²) < 4.78 is 18.2. The molecule has 0 bridgehead atoms. The lowest BCUT2D eigenvalue weighted by Crippen LogP contribution is -2.11. The highest BCUT2D eigenvalue weighted by atomic mass is 19.1. The second kappa shape index (κ2) is 7.74. The predicted molar refractivity (Wildman–Crippen MR) is 96.8 cm³/mol. The van der Waals surface area contributed by atoms with Crippen LogP contribution in [0.25, 0.3) is 0 Å². The molecule has 0 atom stereocenters. The Morgan fingerprint density at radius 2 is 1.35 bits per heavy atom. The van der Waals surface area contributed by atoms with Crippen LogP contribution in [-0.2, 0) is 11.2 Å². The van der Waals surface area contributed by atoms with Crippen LogP contribution in [0, 0.1) is 12.7 Å². The molecule has 0 amide bonds. The van der Waals surface area contributed by atoms with Crippen molar-refractivity contribution < 1.29 is 18.7 Å². The fourth-order valence-electron chi connectivity index (χ4n) is 2.48. The summed E-state index contributed by atoms with van der Waals surface area (Å²) >= 11 is 0. The third kappa shape index (κ3) is 4.42. The van der Waals surface area contributed by atoms with Gasteiger partial charge >= 0.3 is 5.97 Å². The van der Waals surface area contributed by atoms with Gasteiger partial charge in [-0.05, 0) is 61.0 Å². The molecule has 3 rings (SSSR count). The van der Waals surface area contributed by atoms with E-state index in [4.69, 9.17) is 4.74 Å². The van der Waals surface area contributed by atoms with Crippen molar-refractivity contribution in [2.75, 3.05) is 0 Å². The van der Waals surface area contributed by atoms with Crippen molar-refractivity contribution in [1.82, 2.24) is 0 Å². The molecular formula is C22H17FO3. The average Bonchev–Trinajstić information content (AvgIpc) is 2.64. The summed E-state index contributed by atoms with van der Waals surface area (Å²) in [6, 6.07) is 19.3. The van der Waals surface area contributed by atoms with Gasteiger partial charge in [-0.1, -0.05) is 29.8 Å². The van der Waals surface area contributed by atoms with Crippen LogP contribution in [0.1, 0.15) is 27.0 Å². The van der Waals surface area contributed by atoms with E-state index in [1.54, 1.807) is 24.3 Å². The Bertz CT molecular complexity index is 911. The van der Waals surface area contributed by atoms with Crippen LogP contribution in [-0.4, -0.2) is 11.8 Å². The molecule has 4 heteroatoms. The molecule has 0 saturated carbocycles. The Hall–Kier alpha value is -3.27. The molecule has 3 nitrogen and oxygen atoms in total. The molecule has 0 N–H and O–H groups in total. The van der Waals surface area contributed by atoms with Gasteiger partial charge in [0.1, 0.15) is 11.6 Å². The first-order chi connectivity index (χ1) is 12.5. The molecule has 0 aromatic heterocycles. The molecule has 0 radical (unpaired) electrons. The second-order valence-corrected chi connectivity index (χ2v) is 6.00. The number of carbonyl (C=O) groups excluding carboxylic acids is 2. The van der Waals surface area contributed by atoms with Crippen LogP contribution in [0.3, 0.4) is 0 Å². The van der Waals surface area contributed by atoms with Crippen LogP contribution in [0.15, 0.2) is 72.8 Å². The van der Waals surface area contributed by atoms with Crippen molar-refractivity contribution in [3.63, 3.8) is 0 Å². The smallest absolute Gasteiger partial charge is 0.315 e. The zero-order valence-corrected chi connectivity index (χ0v) is 14.2. The third-order valence-electron chi connectivity index (χ3n) is 3.92. The minimum Gasteiger partial charge on any atom is -0.426 e. The highest BCUT2D eigenvalue weighted by molar-refractivity contribution is 6.09. The highest BCUT2D eigenvalue weighted by Crippen LogP contribution is 2.17. The molecule has 0 spiro atoms. The lowest BCUT2D eigenvalue weighted by Gasteiger charge is -2.06. The van der Waals surface area contributed by atoms with Crippen LogP contribution in [0.2, 0.25) is 0 Å². The average molecular weight is 348 g/mol. The number of hydrogen-bond donors (Lipinski definition) is 0. The van der Waals surface area contributed by atoms with Crippen molar-refractivity contribution in [2.45, 2.75) is 13.3 Å². The topological polar surface area (TPSA) is 43.4 Å². The molecule has 3 aromatic carbocycles. The fraction of sp³-hybridized carbons (Fsp3) is 0.0909. The van der Waals surface area contributed by atoms with Crippen molar-refractivity contribution in [2.24, 2.45) is 0 Å². The van der Waals surface area contributed by atoms with Gasteiger partial charge in [-0.3, -0.25) is 9.59 Å². The summed E-state index contributed by atoms with van der Waals surface area (Å²) in [5.41, 5.74) is 2.85. The van der Waals surface area contributed by atoms with E-state index in [9.17, 15) is 14.0 Å². The molecular weight excluding hydrogens is 331 g/mol. The number of hydrogen-bond acceptors (Lipinski definition) is 3. The first kappa shape index (κ1) is 17.5. The maximum Gasteiger partial charge on any atom is 0.315 e. The van der Waals surface area contributed by atoms with E-state index in [-0.39, 0.29) is 18.2 Å². The number of ether oxygens (including phenoxy) is 1. The molecule has 0 aliphatic rings. The largest absolute Gasteiger partial charge is 0.426 e. The van der Waals surface area contributed by atoms with E-state index in [0.29, 0.717) is 16.9 Å². The fourth-order valence-corrected chi connectivity index (χ4v) is 2.48. The Morgan fingerprint density at radius 1 is 0.808 bits per heavy atom. The molecule has 0 fully saturated rings. The number of rotatable bonds is 5. The van der Waals surface area contributed by atoms with Gasteiger partial charge in [0.25, 0.3) is 0 Å². The van der Waals surface area contributed by atoms with E-state index < -0.39 is 5.82 Å². The Labute approximate surface area is 151 Å². The van der Waals surface area contributed by atoms with E-state index in [2.05, 4.69) is 0 Å². The lowest BCUT2D eigenvalue weighted by molar-refractivity contribution is -0.133. The molecule has 0 aliphatic heterocycles. The van der Waals surface area contributed by atoms with Gasteiger partial charge in [0, 0.05) is 11.1 Å². The molecule has 3 aromatic rings. The maximum absolute atomic E-state index is 12.9. The number of carbonyl (C=O) groups is 2. The van der Waals surface area contributed by atoms with Crippen molar-refractivity contribution in [3.8, 4) is 5.75 Å². The SMILES string of the molecule is Cc1ccc(CC(=O)Oc2ccc(C(=O)c3ccc(F)cc3)cc2)cc1. The van der Waals surface area contributed by atoms with E-state index >= 15 is 0 Å². The Kier molecular flexibility index (Phi) is 5.23. The van der Waals surface area contributed by atoms with Crippen molar-refractivity contribution in [1.29, 1.82) is 0 Å². The van der Waals surface area contributed by atoms with E-state index in [1.807, 2.05) is 31.2 Å². The highest BCUT2D eigenvalue weighted by Gasteiger charge is 2.11. The number of esters is 1. The second-order valence-electron chi connectivity index (χ2n) is 6.00. The number of ketones is 1. The van der Waals surface area contributed by atoms with Gasteiger partial charge in [-0.15, -0.1) is 0 Å². The van der Waals surface area contributed by atoms with Gasteiger partial charge in [-0.2, -0.15) is 0 Å². The van der Waals surface area contributed by atoms with Gasteiger partial charge in [0.2, 0.25) is 0 Å². The molecule has 26 heavy (non-hydrogen) atoms. The Morgan fingerprint density at radius 3 is 1.92 bits per heavy atom. The minimum absolute atomic E-state index is 0.177. The molecule has 0 saturated heterocycles. The van der Waals surface area contributed by atoms with E-state index in [0.717, 1.165) is 11.1 Å². The van der Waals surface area contributed by atoms with Crippen molar-refractivity contribution >= 4 is 11.8 Å². The maximum atomic E-state index is 12.9. The Balaban J connectivity index is 1.63. The standard InChI is InChI=1S/C22H17FO3/c1-15-2-4-16(5-3-15)14-21(24)26-20-12-8-18(9-13-20)22(25)17-6-10-19(23)11-7-17/h2-13H,14H2,1H3. The minimum atomic E-state index is -0.391. The zero-order valence-electron chi connectivity index (χ0n) is 14.2.